The lowest BCUT2D eigenvalue weighted by molar-refractivity contribution is -0.126. The molecule has 0 radical (unpaired) electrons. The Morgan fingerprint density at radius 2 is 1.78 bits per heavy atom. The molecule has 186 valence electrons. The molecule has 0 aliphatic carbocycles. The predicted octanol–water partition coefficient (Wildman–Crippen LogP) is 5.25. The number of amides is 2. The predicted molar refractivity (Wildman–Crippen MR) is 142 cm³/mol. The van der Waals surface area contributed by atoms with Crippen molar-refractivity contribution in [3.05, 3.63) is 111 Å². The quantitative estimate of drug-likeness (QED) is 0.470. The molecule has 3 aromatic carbocycles. The molecule has 2 amide bonds. The molecule has 2 heterocycles. The van der Waals surface area contributed by atoms with Crippen LogP contribution < -0.4 is 5.32 Å². The number of ether oxygens (including phenoxy) is 1. The van der Waals surface area contributed by atoms with Gasteiger partial charge in [0.2, 0.25) is 0 Å². The number of halogens is 2. The zero-order valence-corrected chi connectivity index (χ0v) is 21.5. The van der Waals surface area contributed by atoms with Crippen molar-refractivity contribution in [2.24, 2.45) is 0 Å². The van der Waals surface area contributed by atoms with Crippen molar-refractivity contribution < 1.29 is 14.3 Å². The van der Waals surface area contributed by atoms with Crippen LogP contribution >= 0.6 is 23.2 Å². The van der Waals surface area contributed by atoms with Gasteiger partial charge < -0.3 is 15.0 Å². The highest BCUT2D eigenvalue weighted by molar-refractivity contribution is 6.35. The minimum absolute atomic E-state index is 0.197. The Kier molecular flexibility index (Phi) is 6.68. The molecule has 0 aromatic heterocycles. The van der Waals surface area contributed by atoms with E-state index in [1.54, 1.807) is 54.5 Å². The van der Waals surface area contributed by atoms with E-state index in [-0.39, 0.29) is 17.9 Å². The number of carbonyl (C=O) groups is 2. The number of methoxy groups -OCH3 is 1. The standard InChI is InChI=1S/C29H23Cl2N3O3/c1-37-26-25(21-11-22(30)13-23(31)12-21)28(36)34-17-24(33-27(35)20-5-3-2-4-6-20)15-29(26,34)14-18-7-9-19(16-32)10-8-18/h2-13,24H,14-15,17H2,1H3,(H,33,35)/t24-,29-/m0/s1. The lowest BCUT2D eigenvalue weighted by Crippen LogP contribution is -2.45. The van der Waals surface area contributed by atoms with Crippen LogP contribution in [0.25, 0.3) is 5.57 Å². The fourth-order valence-electron chi connectivity index (χ4n) is 5.42. The van der Waals surface area contributed by atoms with Crippen LogP contribution in [0.4, 0.5) is 0 Å². The molecule has 0 bridgehead atoms. The molecule has 3 aromatic rings. The smallest absolute Gasteiger partial charge is 0.258 e. The number of benzene rings is 3. The number of rotatable bonds is 6. The van der Waals surface area contributed by atoms with Crippen LogP contribution in [0.5, 0.6) is 0 Å². The van der Waals surface area contributed by atoms with Gasteiger partial charge in [0.1, 0.15) is 11.3 Å². The van der Waals surface area contributed by atoms with Gasteiger partial charge >= 0.3 is 0 Å². The summed E-state index contributed by atoms with van der Waals surface area (Å²) < 4.78 is 5.97. The molecule has 0 unspecified atom stereocenters. The minimum atomic E-state index is -0.835. The Morgan fingerprint density at radius 1 is 1.11 bits per heavy atom. The van der Waals surface area contributed by atoms with E-state index in [1.807, 2.05) is 30.3 Å². The molecule has 1 N–H and O–H groups in total. The van der Waals surface area contributed by atoms with Crippen molar-refractivity contribution in [2.75, 3.05) is 13.7 Å². The molecule has 2 atom stereocenters. The molecule has 2 aliphatic heterocycles. The molecule has 0 saturated carbocycles. The lowest BCUT2D eigenvalue weighted by atomic mass is 9.85. The first-order valence-electron chi connectivity index (χ1n) is 11.8. The molecule has 6 nitrogen and oxygen atoms in total. The summed E-state index contributed by atoms with van der Waals surface area (Å²) in [4.78, 5) is 28.6. The first-order chi connectivity index (χ1) is 17.8. The number of hydrogen-bond donors (Lipinski definition) is 1. The number of nitriles is 1. The van der Waals surface area contributed by atoms with Gasteiger partial charge in [-0.25, -0.2) is 0 Å². The van der Waals surface area contributed by atoms with Gasteiger partial charge in [-0.1, -0.05) is 53.5 Å². The van der Waals surface area contributed by atoms with E-state index in [0.29, 0.717) is 57.5 Å². The summed E-state index contributed by atoms with van der Waals surface area (Å²) in [5.74, 6) is 0.106. The number of nitrogens with zero attached hydrogens (tertiary/aromatic N) is 2. The second-order valence-electron chi connectivity index (χ2n) is 9.24. The maximum absolute atomic E-state index is 13.9. The lowest BCUT2D eigenvalue weighted by Gasteiger charge is -2.34. The average Bonchev–Trinajstić information content (AvgIpc) is 3.35. The summed E-state index contributed by atoms with van der Waals surface area (Å²) >= 11 is 12.5. The average molecular weight is 532 g/mol. The fourth-order valence-corrected chi connectivity index (χ4v) is 5.94. The topological polar surface area (TPSA) is 82.4 Å². The van der Waals surface area contributed by atoms with Crippen LogP contribution in [-0.2, 0) is 16.0 Å². The second kappa shape index (κ2) is 9.93. The van der Waals surface area contributed by atoms with Crippen LogP contribution in [-0.4, -0.2) is 41.9 Å². The third-order valence-corrected chi connectivity index (χ3v) is 7.36. The van der Waals surface area contributed by atoms with E-state index in [1.165, 1.54) is 0 Å². The molecular formula is C29H23Cl2N3O3. The maximum Gasteiger partial charge on any atom is 0.258 e. The van der Waals surface area contributed by atoms with Crippen molar-refractivity contribution in [2.45, 2.75) is 24.4 Å². The van der Waals surface area contributed by atoms with Crippen LogP contribution in [0.3, 0.4) is 0 Å². The van der Waals surface area contributed by atoms with Gasteiger partial charge in [0, 0.05) is 41.0 Å². The van der Waals surface area contributed by atoms with Gasteiger partial charge in [-0.3, -0.25) is 9.59 Å². The fraction of sp³-hybridized carbons (Fsp3) is 0.207. The van der Waals surface area contributed by atoms with Crippen molar-refractivity contribution >= 4 is 40.6 Å². The van der Waals surface area contributed by atoms with E-state index in [4.69, 9.17) is 27.9 Å². The van der Waals surface area contributed by atoms with Crippen LogP contribution in [0, 0.1) is 11.3 Å². The second-order valence-corrected chi connectivity index (χ2v) is 10.1. The van der Waals surface area contributed by atoms with Crippen molar-refractivity contribution in [3.63, 3.8) is 0 Å². The van der Waals surface area contributed by atoms with E-state index < -0.39 is 5.54 Å². The molecule has 37 heavy (non-hydrogen) atoms. The van der Waals surface area contributed by atoms with Gasteiger partial charge in [-0.05, 0) is 53.6 Å². The first kappa shape index (κ1) is 24.9. The highest BCUT2D eigenvalue weighted by atomic mass is 35.5. The Morgan fingerprint density at radius 3 is 2.41 bits per heavy atom. The van der Waals surface area contributed by atoms with E-state index >= 15 is 0 Å². The number of nitrogens with one attached hydrogen (secondary N) is 1. The maximum atomic E-state index is 13.9. The van der Waals surface area contributed by atoms with Gasteiger partial charge in [-0.2, -0.15) is 5.26 Å². The van der Waals surface area contributed by atoms with E-state index in [0.717, 1.165) is 5.56 Å². The largest absolute Gasteiger partial charge is 0.498 e. The molecular weight excluding hydrogens is 509 g/mol. The summed E-state index contributed by atoms with van der Waals surface area (Å²) in [6.45, 7) is 0.318. The Hall–Kier alpha value is -3.79. The monoisotopic (exact) mass is 531 g/mol. The van der Waals surface area contributed by atoms with E-state index in [9.17, 15) is 14.9 Å². The van der Waals surface area contributed by atoms with Crippen molar-refractivity contribution in [3.8, 4) is 6.07 Å². The summed E-state index contributed by atoms with van der Waals surface area (Å²) in [6, 6.07) is 23.1. The Bertz CT molecular complexity index is 1430. The highest BCUT2D eigenvalue weighted by Crippen LogP contribution is 2.49. The number of carbonyl (C=O) groups excluding carboxylic acids is 2. The van der Waals surface area contributed by atoms with Crippen molar-refractivity contribution in [1.29, 1.82) is 5.26 Å². The van der Waals surface area contributed by atoms with Crippen LogP contribution in [0.2, 0.25) is 10.0 Å². The normalized spacial score (nSPS) is 20.5. The molecule has 5 rings (SSSR count). The zero-order valence-electron chi connectivity index (χ0n) is 20.0. The highest BCUT2D eigenvalue weighted by Gasteiger charge is 2.58. The molecule has 0 spiro atoms. The SMILES string of the molecule is COC1=C(c2cc(Cl)cc(Cl)c2)C(=O)N2C[C@@H](NC(=O)c3ccccc3)C[C@@]12Cc1ccc(C#N)cc1. The zero-order chi connectivity index (χ0) is 26.2. The van der Waals surface area contributed by atoms with Gasteiger partial charge in [-0.15, -0.1) is 0 Å². The van der Waals surface area contributed by atoms with Crippen LogP contribution in [0.15, 0.2) is 78.6 Å². The number of fused-ring (bicyclic) bond motifs is 1. The van der Waals surface area contributed by atoms with E-state index in [2.05, 4.69) is 11.4 Å². The molecule has 1 fully saturated rings. The minimum Gasteiger partial charge on any atom is -0.498 e. The molecule has 1 saturated heterocycles. The third-order valence-electron chi connectivity index (χ3n) is 6.92. The van der Waals surface area contributed by atoms with Crippen LogP contribution in [0.1, 0.15) is 33.5 Å². The third kappa shape index (κ3) is 4.57. The van der Waals surface area contributed by atoms with Crippen molar-refractivity contribution in [1.82, 2.24) is 10.2 Å². The summed E-state index contributed by atoms with van der Waals surface area (Å²) in [5, 5.41) is 13.1. The summed E-state index contributed by atoms with van der Waals surface area (Å²) in [6.07, 6.45) is 0.904. The summed E-state index contributed by atoms with van der Waals surface area (Å²) in [5.41, 5.74) is 2.20. The Balaban J connectivity index is 1.57. The summed E-state index contributed by atoms with van der Waals surface area (Å²) in [7, 11) is 1.55. The van der Waals surface area contributed by atoms with Gasteiger partial charge in [0.05, 0.1) is 24.3 Å². The first-order valence-corrected chi connectivity index (χ1v) is 12.5. The number of hydrogen-bond acceptors (Lipinski definition) is 4. The molecule has 2 aliphatic rings. The Labute approximate surface area is 225 Å². The van der Waals surface area contributed by atoms with Gasteiger partial charge in [0.15, 0.2) is 0 Å². The molecule has 8 heteroatoms. The van der Waals surface area contributed by atoms with Gasteiger partial charge in [0.25, 0.3) is 11.8 Å².